The summed E-state index contributed by atoms with van der Waals surface area (Å²) in [5.41, 5.74) is 2.75. The summed E-state index contributed by atoms with van der Waals surface area (Å²) in [6.45, 7) is 4.24. The van der Waals surface area contributed by atoms with Gasteiger partial charge in [0.1, 0.15) is 11.5 Å². The van der Waals surface area contributed by atoms with E-state index in [2.05, 4.69) is 5.32 Å². The highest BCUT2D eigenvalue weighted by molar-refractivity contribution is 5.58. The van der Waals surface area contributed by atoms with E-state index < -0.39 is 12.2 Å². The lowest BCUT2D eigenvalue weighted by molar-refractivity contribution is 0.134. The Labute approximate surface area is 154 Å². The molecule has 1 aromatic heterocycles. The molecule has 0 bridgehead atoms. The molecule has 1 heterocycles. The smallest absolute Gasteiger partial charge is 0.134 e. The van der Waals surface area contributed by atoms with Crippen LogP contribution in [0.5, 0.6) is 0 Å². The second-order valence-electron chi connectivity index (χ2n) is 6.59. The molecule has 0 radical (unpaired) electrons. The Morgan fingerprint density at radius 3 is 2.19 bits per heavy atom. The maximum atomic E-state index is 10.4. The molecule has 4 heteroatoms. The molecule has 3 atom stereocenters. The molecular weight excluding hydrogens is 326 g/mol. The summed E-state index contributed by atoms with van der Waals surface area (Å²) in [5.74, 6) is 1.60. The number of benzene rings is 2. The maximum Gasteiger partial charge on any atom is 0.134 e. The van der Waals surface area contributed by atoms with Gasteiger partial charge in [0, 0.05) is 11.6 Å². The van der Waals surface area contributed by atoms with Crippen LogP contribution in [0.2, 0.25) is 0 Å². The van der Waals surface area contributed by atoms with Gasteiger partial charge in [-0.15, -0.1) is 0 Å². The number of rotatable bonds is 7. The Hall–Kier alpha value is -2.40. The summed E-state index contributed by atoms with van der Waals surface area (Å²) < 4.78 is 5.90. The van der Waals surface area contributed by atoms with E-state index in [-0.39, 0.29) is 6.04 Å². The van der Waals surface area contributed by atoms with Crippen molar-refractivity contribution in [1.82, 2.24) is 5.32 Å². The molecule has 0 fully saturated rings. The van der Waals surface area contributed by atoms with Crippen molar-refractivity contribution in [1.29, 1.82) is 0 Å². The first-order chi connectivity index (χ1) is 12.5. The zero-order chi connectivity index (χ0) is 18.5. The third-order valence-corrected chi connectivity index (χ3v) is 4.55. The molecule has 0 aliphatic heterocycles. The SMILES string of the molecule is C[C@H](NCc1ccc(-c2ccc([C@@H](C)O)cc2)o1)[C@H](O)c1ccccc1. The second-order valence-corrected chi connectivity index (χ2v) is 6.59. The van der Waals surface area contributed by atoms with Gasteiger partial charge in [0.2, 0.25) is 0 Å². The topological polar surface area (TPSA) is 65.6 Å². The third-order valence-electron chi connectivity index (χ3n) is 4.55. The second kappa shape index (κ2) is 8.32. The molecule has 26 heavy (non-hydrogen) atoms. The van der Waals surface area contributed by atoms with Crippen molar-refractivity contribution in [3.05, 3.63) is 83.6 Å². The van der Waals surface area contributed by atoms with E-state index in [4.69, 9.17) is 4.42 Å². The van der Waals surface area contributed by atoms with Crippen LogP contribution in [0.15, 0.2) is 71.1 Å². The van der Waals surface area contributed by atoms with Crippen molar-refractivity contribution >= 4 is 0 Å². The molecule has 0 unspecified atom stereocenters. The van der Waals surface area contributed by atoms with Gasteiger partial charge in [-0.3, -0.25) is 0 Å². The molecule has 136 valence electrons. The highest BCUT2D eigenvalue weighted by Crippen LogP contribution is 2.24. The summed E-state index contributed by atoms with van der Waals surface area (Å²) >= 11 is 0. The van der Waals surface area contributed by atoms with Gasteiger partial charge in [-0.2, -0.15) is 0 Å². The highest BCUT2D eigenvalue weighted by atomic mass is 16.3. The predicted octanol–water partition coefficient (Wildman–Crippen LogP) is 4.21. The first-order valence-electron chi connectivity index (χ1n) is 8.88. The van der Waals surface area contributed by atoms with Crippen LogP contribution in [-0.2, 0) is 6.54 Å². The monoisotopic (exact) mass is 351 g/mol. The average Bonchev–Trinajstić information content (AvgIpc) is 3.15. The van der Waals surface area contributed by atoms with Gasteiger partial charge in [0.05, 0.1) is 18.8 Å². The lowest BCUT2D eigenvalue weighted by atomic mass is 10.0. The maximum absolute atomic E-state index is 10.4. The first kappa shape index (κ1) is 18.4. The summed E-state index contributed by atoms with van der Waals surface area (Å²) in [4.78, 5) is 0. The van der Waals surface area contributed by atoms with E-state index in [0.717, 1.165) is 28.2 Å². The van der Waals surface area contributed by atoms with Crippen LogP contribution in [0.3, 0.4) is 0 Å². The molecule has 0 amide bonds. The fraction of sp³-hybridized carbons (Fsp3) is 0.273. The lowest BCUT2D eigenvalue weighted by Gasteiger charge is -2.20. The lowest BCUT2D eigenvalue weighted by Crippen LogP contribution is -2.31. The van der Waals surface area contributed by atoms with E-state index in [1.165, 1.54) is 0 Å². The molecule has 3 N–H and O–H groups in total. The van der Waals surface area contributed by atoms with Crippen molar-refractivity contribution in [2.24, 2.45) is 0 Å². The van der Waals surface area contributed by atoms with Crippen molar-refractivity contribution in [2.75, 3.05) is 0 Å². The molecule has 3 aromatic rings. The molecule has 2 aromatic carbocycles. The fourth-order valence-electron chi connectivity index (χ4n) is 2.87. The largest absolute Gasteiger partial charge is 0.460 e. The van der Waals surface area contributed by atoms with E-state index >= 15 is 0 Å². The molecule has 0 aliphatic carbocycles. The minimum atomic E-state index is -0.571. The number of aliphatic hydroxyl groups excluding tert-OH is 2. The Morgan fingerprint density at radius 1 is 0.846 bits per heavy atom. The van der Waals surface area contributed by atoms with Crippen LogP contribution in [0.1, 0.15) is 42.9 Å². The molecule has 0 saturated carbocycles. The van der Waals surface area contributed by atoms with Crippen LogP contribution >= 0.6 is 0 Å². The summed E-state index contributed by atoms with van der Waals surface area (Å²) in [6.07, 6.45) is -1.04. The fourth-order valence-corrected chi connectivity index (χ4v) is 2.87. The average molecular weight is 351 g/mol. The van der Waals surface area contributed by atoms with Crippen molar-refractivity contribution in [3.8, 4) is 11.3 Å². The van der Waals surface area contributed by atoms with Gasteiger partial charge in [0.25, 0.3) is 0 Å². The van der Waals surface area contributed by atoms with Gasteiger partial charge in [-0.25, -0.2) is 0 Å². The van der Waals surface area contributed by atoms with E-state index in [1.54, 1.807) is 6.92 Å². The van der Waals surface area contributed by atoms with Gasteiger partial charge < -0.3 is 19.9 Å². The number of furan rings is 1. The Kier molecular flexibility index (Phi) is 5.89. The molecule has 0 saturated heterocycles. The molecule has 4 nitrogen and oxygen atoms in total. The van der Waals surface area contributed by atoms with E-state index in [9.17, 15) is 10.2 Å². The zero-order valence-corrected chi connectivity index (χ0v) is 15.1. The molecular formula is C22H25NO3. The third kappa shape index (κ3) is 4.41. The van der Waals surface area contributed by atoms with Crippen LogP contribution in [0, 0.1) is 0 Å². The number of nitrogens with one attached hydrogen (secondary N) is 1. The Balaban J connectivity index is 1.60. The quantitative estimate of drug-likeness (QED) is 0.596. The Bertz CT molecular complexity index is 809. The minimum Gasteiger partial charge on any atom is -0.460 e. The number of hydrogen-bond acceptors (Lipinski definition) is 4. The minimum absolute atomic E-state index is 0.101. The first-order valence-corrected chi connectivity index (χ1v) is 8.88. The van der Waals surface area contributed by atoms with Crippen molar-refractivity contribution < 1.29 is 14.6 Å². The van der Waals surface area contributed by atoms with E-state index in [1.807, 2.05) is 73.7 Å². The Morgan fingerprint density at radius 2 is 1.54 bits per heavy atom. The van der Waals surface area contributed by atoms with Gasteiger partial charge in [0.15, 0.2) is 0 Å². The molecule has 3 rings (SSSR count). The van der Waals surface area contributed by atoms with Gasteiger partial charge in [-0.05, 0) is 37.1 Å². The summed E-state index contributed by atoms with van der Waals surface area (Å²) in [6, 6.07) is 21.1. The number of aliphatic hydroxyl groups is 2. The molecule has 0 spiro atoms. The highest BCUT2D eigenvalue weighted by Gasteiger charge is 2.16. The van der Waals surface area contributed by atoms with Gasteiger partial charge >= 0.3 is 0 Å². The van der Waals surface area contributed by atoms with Crippen LogP contribution in [-0.4, -0.2) is 16.3 Å². The summed E-state index contributed by atoms with van der Waals surface area (Å²) in [7, 11) is 0. The van der Waals surface area contributed by atoms with Crippen molar-refractivity contribution in [3.63, 3.8) is 0 Å². The standard InChI is InChI=1S/C22H25NO3/c1-15(22(25)19-6-4-3-5-7-19)23-14-20-12-13-21(26-20)18-10-8-17(9-11-18)16(2)24/h3-13,15-16,22-25H,14H2,1-2H3/t15-,16+,22-/m0/s1. The zero-order valence-electron chi connectivity index (χ0n) is 15.1. The summed E-state index contributed by atoms with van der Waals surface area (Å²) in [5, 5.41) is 23.3. The predicted molar refractivity (Wildman–Crippen MR) is 102 cm³/mol. The van der Waals surface area contributed by atoms with Crippen LogP contribution in [0.4, 0.5) is 0 Å². The van der Waals surface area contributed by atoms with Crippen LogP contribution in [0.25, 0.3) is 11.3 Å². The normalized spacial score (nSPS) is 14.8. The van der Waals surface area contributed by atoms with Crippen LogP contribution < -0.4 is 5.32 Å². The molecule has 0 aliphatic rings. The van der Waals surface area contributed by atoms with Gasteiger partial charge in [-0.1, -0.05) is 54.6 Å². The van der Waals surface area contributed by atoms with Crippen molar-refractivity contribution in [2.45, 2.75) is 38.6 Å². The number of hydrogen-bond donors (Lipinski definition) is 3. The van der Waals surface area contributed by atoms with E-state index in [0.29, 0.717) is 6.54 Å².